The molecule has 0 spiro atoms. The summed E-state index contributed by atoms with van der Waals surface area (Å²) in [5.41, 5.74) is 0.789. The third-order valence-electron chi connectivity index (χ3n) is 2.83. The molecule has 21 heavy (non-hydrogen) atoms. The molecule has 2 N–H and O–H groups in total. The van der Waals surface area contributed by atoms with Gasteiger partial charge in [0, 0.05) is 23.7 Å². The zero-order valence-electron chi connectivity index (χ0n) is 11.8. The van der Waals surface area contributed by atoms with Crippen LogP contribution in [0.15, 0.2) is 34.7 Å². The van der Waals surface area contributed by atoms with E-state index in [4.69, 9.17) is 4.74 Å². The molecule has 2 aromatic rings. The van der Waals surface area contributed by atoms with Crippen LogP contribution in [0.25, 0.3) is 0 Å². The number of nitrogens with zero attached hydrogens (tertiary/aromatic N) is 1. The first-order chi connectivity index (χ1) is 10.1. The van der Waals surface area contributed by atoms with Gasteiger partial charge in [-0.05, 0) is 25.2 Å². The Kier molecular flexibility index (Phi) is 5.29. The molecule has 8 heteroatoms. The summed E-state index contributed by atoms with van der Waals surface area (Å²) in [5.74, 6) is 0.656. The third-order valence-corrected chi connectivity index (χ3v) is 5.00. The summed E-state index contributed by atoms with van der Waals surface area (Å²) in [6.07, 6.45) is 1.65. The topological polar surface area (TPSA) is 80.3 Å². The Hall–Kier alpha value is -1.48. The largest absolute Gasteiger partial charge is 0.496 e. The van der Waals surface area contributed by atoms with Crippen LogP contribution < -0.4 is 14.8 Å². The molecule has 0 aliphatic carbocycles. The minimum Gasteiger partial charge on any atom is -0.496 e. The highest BCUT2D eigenvalue weighted by Gasteiger charge is 2.16. The minimum absolute atomic E-state index is 0.188. The van der Waals surface area contributed by atoms with Crippen LogP contribution >= 0.6 is 11.3 Å². The van der Waals surface area contributed by atoms with Crippen molar-refractivity contribution in [2.24, 2.45) is 0 Å². The van der Waals surface area contributed by atoms with Crippen molar-refractivity contribution in [3.05, 3.63) is 40.3 Å². The summed E-state index contributed by atoms with van der Waals surface area (Å²) in [4.78, 5) is 4.26. The van der Waals surface area contributed by atoms with Gasteiger partial charge in [0.15, 0.2) is 0 Å². The first-order valence-corrected chi connectivity index (χ1v) is 8.62. The summed E-state index contributed by atoms with van der Waals surface area (Å²) >= 11 is 1.41. The summed E-state index contributed by atoms with van der Waals surface area (Å²) in [5, 5.41) is 5.52. The van der Waals surface area contributed by atoms with Crippen molar-refractivity contribution in [2.75, 3.05) is 14.2 Å². The Balaban J connectivity index is 2.20. The standard InChI is InChI=1S/C13H17N3O3S2/c1-14-8-10-7-11(3-4-12(10)19-2)21(17,18)16-9-13-15-5-6-20-13/h3-7,14,16H,8-9H2,1-2H3. The van der Waals surface area contributed by atoms with Gasteiger partial charge in [-0.2, -0.15) is 0 Å². The van der Waals surface area contributed by atoms with Gasteiger partial charge in [-0.25, -0.2) is 18.1 Å². The van der Waals surface area contributed by atoms with Crippen LogP contribution in [0.3, 0.4) is 0 Å². The molecule has 0 aliphatic heterocycles. The zero-order valence-corrected chi connectivity index (χ0v) is 13.4. The Morgan fingerprint density at radius 1 is 1.33 bits per heavy atom. The third kappa shape index (κ3) is 4.01. The average molecular weight is 327 g/mol. The summed E-state index contributed by atoms with van der Waals surface area (Å²) in [6, 6.07) is 4.80. The number of thiazole rings is 1. The second-order valence-electron chi connectivity index (χ2n) is 4.25. The van der Waals surface area contributed by atoms with Crippen LogP contribution in [0, 0.1) is 0 Å². The Bertz CT molecular complexity index is 685. The molecule has 0 radical (unpaired) electrons. The van der Waals surface area contributed by atoms with E-state index in [9.17, 15) is 8.42 Å². The minimum atomic E-state index is -3.57. The molecular weight excluding hydrogens is 310 g/mol. The molecule has 1 aromatic heterocycles. The molecule has 0 saturated heterocycles. The average Bonchev–Trinajstić information content (AvgIpc) is 2.99. The number of hydrogen-bond acceptors (Lipinski definition) is 6. The number of ether oxygens (including phenoxy) is 1. The van der Waals surface area contributed by atoms with Gasteiger partial charge in [-0.15, -0.1) is 11.3 Å². The number of sulfonamides is 1. The van der Waals surface area contributed by atoms with E-state index in [-0.39, 0.29) is 11.4 Å². The normalized spacial score (nSPS) is 11.5. The molecule has 6 nitrogen and oxygen atoms in total. The van der Waals surface area contributed by atoms with Crippen molar-refractivity contribution in [1.29, 1.82) is 0 Å². The lowest BCUT2D eigenvalue weighted by Crippen LogP contribution is -2.23. The predicted octanol–water partition coefficient (Wildman–Crippen LogP) is 1.35. The molecule has 0 aliphatic rings. The SMILES string of the molecule is CNCc1cc(S(=O)(=O)NCc2nccs2)ccc1OC. The molecule has 0 atom stereocenters. The summed E-state index contributed by atoms with van der Waals surface area (Å²) in [7, 11) is -0.217. The van der Waals surface area contributed by atoms with Crippen molar-refractivity contribution < 1.29 is 13.2 Å². The highest BCUT2D eigenvalue weighted by atomic mass is 32.2. The molecule has 1 heterocycles. The van der Waals surface area contributed by atoms with E-state index in [1.54, 1.807) is 32.5 Å². The fourth-order valence-electron chi connectivity index (χ4n) is 1.83. The maximum Gasteiger partial charge on any atom is 0.240 e. The van der Waals surface area contributed by atoms with E-state index in [1.807, 2.05) is 5.38 Å². The number of methoxy groups -OCH3 is 1. The Labute approximate surface area is 128 Å². The zero-order chi connectivity index (χ0) is 15.3. The van der Waals surface area contributed by atoms with Crippen molar-refractivity contribution in [1.82, 2.24) is 15.0 Å². The first-order valence-electron chi connectivity index (χ1n) is 6.26. The van der Waals surface area contributed by atoms with Crippen molar-refractivity contribution >= 4 is 21.4 Å². The number of rotatable bonds is 7. The summed E-state index contributed by atoms with van der Waals surface area (Å²) < 4.78 is 32.3. The van der Waals surface area contributed by atoms with Crippen LogP contribution in [0.5, 0.6) is 5.75 Å². The maximum atomic E-state index is 12.3. The van der Waals surface area contributed by atoms with Crippen molar-refractivity contribution in [3.63, 3.8) is 0 Å². The number of nitrogens with one attached hydrogen (secondary N) is 2. The Morgan fingerprint density at radius 3 is 2.76 bits per heavy atom. The highest BCUT2D eigenvalue weighted by Crippen LogP contribution is 2.22. The monoisotopic (exact) mass is 327 g/mol. The number of benzene rings is 1. The van der Waals surface area contributed by atoms with Gasteiger partial charge in [0.25, 0.3) is 0 Å². The van der Waals surface area contributed by atoms with Crippen molar-refractivity contribution in [2.45, 2.75) is 18.0 Å². The smallest absolute Gasteiger partial charge is 0.240 e. The van der Waals surface area contributed by atoms with E-state index >= 15 is 0 Å². The van der Waals surface area contributed by atoms with Gasteiger partial charge >= 0.3 is 0 Å². The second kappa shape index (κ2) is 6.99. The summed E-state index contributed by atoms with van der Waals surface area (Å²) in [6.45, 7) is 0.715. The van der Waals surface area contributed by atoms with E-state index in [0.29, 0.717) is 12.3 Å². The fourth-order valence-corrected chi connectivity index (χ4v) is 3.52. The van der Waals surface area contributed by atoms with Crippen LogP contribution in [0.4, 0.5) is 0 Å². The van der Waals surface area contributed by atoms with E-state index in [0.717, 1.165) is 10.6 Å². The molecule has 0 saturated carbocycles. The highest BCUT2D eigenvalue weighted by molar-refractivity contribution is 7.89. The molecule has 0 amide bonds. The molecule has 1 aromatic carbocycles. The van der Waals surface area contributed by atoms with Crippen LogP contribution in [-0.4, -0.2) is 27.6 Å². The van der Waals surface area contributed by atoms with Crippen LogP contribution in [-0.2, 0) is 23.1 Å². The van der Waals surface area contributed by atoms with E-state index < -0.39 is 10.0 Å². The van der Waals surface area contributed by atoms with Crippen LogP contribution in [0.2, 0.25) is 0 Å². The number of hydrogen-bond donors (Lipinski definition) is 2. The molecule has 0 bridgehead atoms. The maximum absolute atomic E-state index is 12.3. The van der Waals surface area contributed by atoms with Gasteiger partial charge in [0.2, 0.25) is 10.0 Å². The molecule has 0 unspecified atom stereocenters. The molecule has 2 rings (SSSR count). The van der Waals surface area contributed by atoms with Gasteiger partial charge in [-0.1, -0.05) is 0 Å². The lowest BCUT2D eigenvalue weighted by atomic mass is 10.2. The molecule has 114 valence electrons. The van der Waals surface area contributed by atoms with Crippen molar-refractivity contribution in [3.8, 4) is 5.75 Å². The fraction of sp³-hybridized carbons (Fsp3) is 0.308. The quantitative estimate of drug-likeness (QED) is 0.802. The van der Waals surface area contributed by atoms with Gasteiger partial charge < -0.3 is 10.1 Å². The van der Waals surface area contributed by atoms with E-state index in [2.05, 4.69) is 15.0 Å². The molecule has 0 fully saturated rings. The van der Waals surface area contributed by atoms with Gasteiger partial charge in [-0.3, -0.25) is 0 Å². The lowest BCUT2D eigenvalue weighted by molar-refractivity contribution is 0.408. The van der Waals surface area contributed by atoms with Crippen LogP contribution in [0.1, 0.15) is 10.6 Å². The first kappa shape index (κ1) is 15.9. The second-order valence-corrected chi connectivity index (χ2v) is 7.00. The lowest BCUT2D eigenvalue weighted by Gasteiger charge is -2.11. The van der Waals surface area contributed by atoms with E-state index in [1.165, 1.54) is 17.4 Å². The van der Waals surface area contributed by atoms with Gasteiger partial charge in [0.05, 0.1) is 18.6 Å². The Morgan fingerprint density at radius 2 is 2.14 bits per heavy atom. The van der Waals surface area contributed by atoms with Gasteiger partial charge in [0.1, 0.15) is 10.8 Å². The number of aromatic nitrogens is 1. The molecular formula is C13H17N3O3S2. The predicted molar refractivity (Wildman–Crippen MR) is 81.9 cm³/mol.